The highest BCUT2D eigenvalue weighted by Crippen LogP contribution is 2.33. The van der Waals surface area contributed by atoms with E-state index in [-0.39, 0.29) is 5.91 Å². The molecule has 7 heteroatoms. The summed E-state index contributed by atoms with van der Waals surface area (Å²) in [5.74, 6) is 1.59. The SMILES string of the molecule is O=C(CSc1nnc(Cc2cccs2)n1C1CCCCC1)NC1CC1. The molecule has 2 aliphatic rings. The second-order valence-corrected chi connectivity index (χ2v) is 8.92. The van der Waals surface area contributed by atoms with Gasteiger partial charge in [-0.25, -0.2) is 0 Å². The second-order valence-electron chi connectivity index (χ2n) is 6.95. The average molecular weight is 377 g/mol. The van der Waals surface area contributed by atoms with Crippen molar-refractivity contribution in [2.75, 3.05) is 5.75 Å². The molecule has 5 nitrogen and oxygen atoms in total. The molecule has 134 valence electrons. The van der Waals surface area contributed by atoms with Crippen molar-refractivity contribution >= 4 is 29.0 Å². The molecule has 0 aliphatic heterocycles. The van der Waals surface area contributed by atoms with E-state index >= 15 is 0 Å². The molecule has 2 fully saturated rings. The molecule has 0 unspecified atom stereocenters. The Bertz CT molecular complexity index is 703. The van der Waals surface area contributed by atoms with Crippen LogP contribution < -0.4 is 5.32 Å². The molecule has 1 N–H and O–H groups in total. The third-order valence-electron chi connectivity index (χ3n) is 4.86. The lowest BCUT2D eigenvalue weighted by Gasteiger charge is -2.25. The molecule has 2 heterocycles. The lowest BCUT2D eigenvalue weighted by Crippen LogP contribution is -2.27. The highest BCUT2D eigenvalue weighted by molar-refractivity contribution is 7.99. The van der Waals surface area contributed by atoms with Gasteiger partial charge in [0.25, 0.3) is 0 Å². The lowest BCUT2D eigenvalue weighted by molar-refractivity contribution is -0.118. The number of hydrogen-bond acceptors (Lipinski definition) is 5. The topological polar surface area (TPSA) is 59.8 Å². The van der Waals surface area contributed by atoms with Crippen LogP contribution in [0.3, 0.4) is 0 Å². The Hall–Kier alpha value is -1.34. The first-order valence-electron chi connectivity index (χ1n) is 9.18. The number of thiophene rings is 1. The van der Waals surface area contributed by atoms with Crippen LogP contribution in [0.15, 0.2) is 22.7 Å². The minimum atomic E-state index is 0.116. The molecule has 1 amide bonds. The number of rotatable bonds is 7. The molecule has 2 saturated carbocycles. The third kappa shape index (κ3) is 4.44. The Labute approximate surface area is 156 Å². The summed E-state index contributed by atoms with van der Waals surface area (Å²) in [5.41, 5.74) is 0. The number of aromatic nitrogens is 3. The Morgan fingerprint density at radius 3 is 2.80 bits per heavy atom. The van der Waals surface area contributed by atoms with E-state index in [2.05, 4.69) is 37.6 Å². The van der Waals surface area contributed by atoms with Gasteiger partial charge in [0.2, 0.25) is 5.91 Å². The van der Waals surface area contributed by atoms with Crippen molar-refractivity contribution in [2.45, 2.75) is 68.6 Å². The van der Waals surface area contributed by atoms with Crippen molar-refractivity contribution in [1.29, 1.82) is 0 Å². The van der Waals surface area contributed by atoms with Crippen LogP contribution in [0.2, 0.25) is 0 Å². The summed E-state index contributed by atoms with van der Waals surface area (Å²) in [7, 11) is 0. The zero-order chi connectivity index (χ0) is 17.1. The molecule has 4 rings (SSSR count). The number of thioether (sulfide) groups is 1. The summed E-state index contributed by atoms with van der Waals surface area (Å²) in [6, 6.07) is 5.13. The van der Waals surface area contributed by atoms with Gasteiger partial charge in [-0.1, -0.05) is 37.1 Å². The van der Waals surface area contributed by atoms with Crippen LogP contribution >= 0.6 is 23.1 Å². The van der Waals surface area contributed by atoms with Crippen LogP contribution in [0.25, 0.3) is 0 Å². The van der Waals surface area contributed by atoms with Gasteiger partial charge in [0.15, 0.2) is 5.16 Å². The van der Waals surface area contributed by atoms with Crippen molar-refractivity contribution < 1.29 is 4.79 Å². The number of nitrogens with zero attached hydrogens (tertiary/aromatic N) is 3. The van der Waals surface area contributed by atoms with E-state index in [1.165, 1.54) is 48.7 Å². The Morgan fingerprint density at radius 1 is 1.24 bits per heavy atom. The van der Waals surface area contributed by atoms with Gasteiger partial charge < -0.3 is 9.88 Å². The number of carbonyl (C=O) groups excluding carboxylic acids is 1. The summed E-state index contributed by atoms with van der Waals surface area (Å²) in [4.78, 5) is 13.3. The fourth-order valence-electron chi connectivity index (χ4n) is 3.43. The smallest absolute Gasteiger partial charge is 0.230 e. The number of carbonyl (C=O) groups is 1. The first kappa shape index (κ1) is 17.1. The van der Waals surface area contributed by atoms with Gasteiger partial charge in [0, 0.05) is 23.4 Å². The molecule has 0 bridgehead atoms. The van der Waals surface area contributed by atoms with Gasteiger partial charge in [0.1, 0.15) is 5.82 Å². The van der Waals surface area contributed by atoms with E-state index in [9.17, 15) is 4.79 Å². The van der Waals surface area contributed by atoms with Crippen molar-refractivity contribution in [2.24, 2.45) is 0 Å². The molecule has 0 saturated heterocycles. The predicted octanol–water partition coefficient (Wildman–Crippen LogP) is 3.81. The van der Waals surface area contributed by atoms with E-state index in [1.807, 2.05) is 0 Å². The van der Waals surface area contributed by atoms with Crippen LogP contribution in [0.5, 0.6) is 0 Å². The van der Waals surface area contributed by atoms with Gasteiger partial charge in [-0.3, -0.25) is 4.79 Å². The van der Waals surface area contributed by atoms with Gasteiger partial charge in [-0.05, 0) is 37.1 Å². The summed E-state index contributed by atoms with van der Waals surface area (Å²) in [6.45, 7) is 0. The van der Waals surface area contributed by atoms with Crippen LogP contribution in [-0.2, 0) is 11.2 Å². The maximum atomic E-state index is 12.0. The Morgan fingerprint density at radius 2 is 2.08 bits per heavy atom. The van der Waals surface area contributed by atoms with Crippen molar-refractivity contribution in [3.8, 4) is 0 Å². The summed E-state index contributed by atoms with van der Waals surface area (Å²) in [6.07, 6.45) is 9.33. The fraction of sp³-hybridized carbons (Fsp3) is 0.611. The van der Waals surface area contributed by atoms with Crippen molar-refractivity contribution in [3.63, 3.8) is 0 Å². The largest absolute Gasteiger partial charge is 0.353 e. The van der Waals surface area contributed by atoms with E-state index in [0.717, 1.165) is 30.2 Å². The van der Waals surface area contributed by atoms with Crippen molar-refractivity contribution in [1.82, 2.24) is 20.1 Å². The molecular weight excluding hydrogens is 352 g/mol. The normalized spacial score (nSPS) is 18.4. The molecule has 2 aliphatic carbocycles. The van der Waals surface area contributed by atoms with E-state index in [0.29, 0.717) is 17.8 Å². The zero-order valence-electron chi connectivity index (χ0n) is 14.3. The van der Waals surface area contributed by atoms with E-state index < -0.39 is 0 Å². The number of amides is 1. The fourth-order valence-corrected chi connectivity index (χ4v) is 4.97. The molecule has 2 aromatic heterocycles. The Kier molecular flexibility index (Phi) is 5.41. The summed E-state index contributed by atoms with van der Waals surface area (Å²) >= 11 is 3.30. The summed E-state index contributed by atoms with van der Waals surface area (Å²) in [5, 5.41) is 15.0. The zero-order valence-corrected chi connectivity index (χ0v) is 16.0. The number of hydrogen-bond donors (Lipinski definition) is 1. The van der Waals surface area contributed by atoms with Gasteiger partial charge >= 0.3 is 0 Å². The third-order valence-corrected chi connectivity index (χ3v) is 6.68. The monoisotopic (exact) mass is 376 g/mol. The maximum Gasteiger partial charge on any atom is 0.230 e. The van der Waals surface area contributed by atoms with Crippen molar-refractivity contribution in [3.05, 3.63) is 28.2 Å². The predicted molar refractivity (Wildman–Crippen MR) is 101 cm³/mol. The molecule has 0 aromatic carbocycles. The van der Waals surface area contributed by atoms with Gasteiger partial charge in [-0.2, -0.15) is 0 Å². The molecule has 25 heavy (non-hydrogen) atoms. The van der Waals surface area contributed by atoms with Crippen LogP contribution in [0.1, 0.15) is 61.7 Å². The van der Waals surface area contributed by atoms with Crippen LogP contribution in [-0.4, -0.2) is 32.5 Å². The quantitative estimate of drug-likeness (QED) is 0.747. The maximum absolute atomic E-state index is 12.0. The molecule has 0 radical (unpaired) electrons. The highest BCUT2D eigenvalue weighted by atomic mass is 32.2. The first-order chi connectivity index (χ1) is 12.3. The second kappa shape index (κ2) is 7.91. The minimum Gasteiger partial charge on any atom is -0.353 e. The molecule has 0 atom stereocenters. The van der Waals surface area contributed by atoms with E-state index in [1.54, 1.807) is 11.3 Å². The average Bonchev–Trinajstić information content (AvgIpc) is 3.13. The van der Waals surface area contributed by atoms with Crippen LogP contribution in [0.4, 0.5) is 0 Å². The first-order valence-corrected chi connectivity index (χ1v) is 11.0. The van der Waals surface area contributed by atoms with Gasteiger partial charge in [-0.15, -0.1) is 21.5 Å². The molecule has 2 aromatic rings. The minimum absolute atomic E-state index is 0.116. The standard InChI is InChI=1S/C18H24N4OS2/c23-17(19-13-8-9-13)12-25-18-21-20-16(11-15-7-4-10-24-15)22(18)14-5-2-1-3-6-14/h4,7,10,13-14H,1-3,5-6,8-9,11-12H2,(H,19,23). The van der Waals surface area contributed by atoms with Gasteiger partial charge in [0.05, 0.1) is 5.75 Å². The summed E-state index contributed by atoms with van der Waals surface area (Å²) < 4.78 is 2.33. The number of nitrogens with one attached hydrogen (secondary N) is 1. The van der Waals surface area contributed by atoms with E-state index in [4.69, 9.17) is 0 Å². The lowest BCUT2D eigenvalue weighted by atomic mass is 9.95. The highest BCUT2D eigenvalue weighted by Gasteiger charge is 2.26. The van der Waals surface area contributed by atoms with Crippen LogP contribution in [0, 0.1) is 0 Å². The Balaban J connectivity index is 1.50. The molecular formula is C18H24N4OS2. The molecule has 0 spiro atoms.